The molecule has 158 valence electrons. The van der Waals surface area contributed by atoms with Crippen LogP contribution >= 0.6 is 11.3 Å². The third-order valence-electron chi connectivity index (χ3n) is 4.73. The first kappa shape index (κ1) is 21.1. The summed E-state index contributed by atoms with van der Waals surface area (Å²) >= 11 is 1.61. The van der Waals surface area contributed by atoms with E-state index in [0.29, 0.717) is 17.2 Å². The third kappa shape index (κ3) is 4.96. The Morgan fingerprint density at radius 2 is 1.58 bits per heavy atom. The van der Waals surface area contributed by atoms with Gasteiger partial charge in [0, 0.05) is 6.54 Å². The summed E-state index contributed by atoms with van der Waals surface area (Å²) in [6, 6.07) is 23.4. The number of hydrogen-bond acceptors (Lipinski definition) is 5. The Morgan fingerprint density at radius 3 is 2.29 bits per heavy atom. The van der Waals surface area contributed by atoms with Crippen molar-refractivity contribution in [2.45, 2.75) is 11.4 Å². The molecule has 0 amide bonds. The highest BCUT2D eigenvalue weighted by atomic mass is 32.2. The summed E-state index contributed by atoms with van der Waals surface area (Å²) in [7, 11) is -2.10. The van der Waals surface area contributed by atoms with Crippen molar-refractivity contribution in [3.8, 4) is 28.4 Å². The SMILES string of the molecule is COc1ccccc1Oc1ccc(S(=O)(=O)NCc2ccccc2-c2ccsc2)cc1. The first-order valence-corrected chi connectivity index (χ1v) is 12.0. The van der Waals surface area contributed by atoms with Crippen LogP contribution in [0.15, 0.2) is 94.5 Å². The van der Waals surface area contributed by atoms with Crippen molar-refractivity contribution in [2.75, 3.05) is 7.11 Å². The third-order valence-corrected chi connectivity index (χ3v) is 6.83. The van der Waals surface area contributed by atoms with Crippen LogP contribution in [-0.2, 0) is 16.6 Å². The average Bonchev–Trinajstić information content (AvgIpc) is 3.33. The predicted octanol–water partition coefficient (Wildman–Crippen LogP) is 5.69. The fourth-order valence-electron chi connectivity index (χ4n) is 3.15. The van der Waals surface area contributed by atoms with Gasteiger partial charge in [-0.05, 0) is 69.9 Å². The summed E-state index contributed by atoms with van der Waals surface area (Å²) in [6.07, 6.45) is 0. The molecule has 1 heterocycles. The molecule has 0 radical (unpaired) electrons. The van der Waals surface area contributed by atoms with Crippen LogP contribution in [0.25, 0.3) is 11.1 Å². The molecule has 0 saturated heterocycles. The van der Waals surface area contributed by atoms with E-state index < -0.39 is 10.0 Å². The molecule has 5 nitrogen and oxygen atoms in total. The van der Waals surface area contributed by atoms with Gasteiger partial charge in [0.2, 0.25) is 10.0 Å². The van der Waals surface area contributed by atoms with Gasteiger partial charge in [-0.3, -0.25) is 0 Å². The van der Waals surface area contributed by atoms with E-state index in [-0.39, 0.29) is 11.4 Å². The molecule has 4 rings (SSSR count). The van der Waals surface area contributed by atoms with Gasteiger partial charge in [0.25, 0.3) is 0 Å². The Balaban J connectivity index is 1.47. The quantitative estimate of drug-likeness (QED) is 0.374. The number of sulfonamides is 1. The molecule has 0 saturated carbocycles. The number of benzene rings is 3. The lowest BCUT2D eigenvalue weighted by molar-refractivity contribution is 0.379. The van der Waals surface area contributed by atoms with E-state index >= 15 is 0 Å². The lowest BCUT2D eigenvalue weighted by Gasteiger charge is -2.12. The van der Waals surface area contributed by atoms with Gasteiger partial charge in [-0.25, -0.2) is 13.1 Å². The molecular formula is C24H21NO4S2. The number of rotatable bonds is 8. The van der Waals surface area contributed by atoms with Gasteiger partial charge in [-0.15, -0.1) is 0 Å². The number of thiophene rings is 1. The number of ether oxygens (including phenoxy) is 2. The minimum absolute atomic E-state index is 0.174. The van der Waals surface area contributed by atoms with E-state index in [1.165, 1.54) is 12.1 Å². The topological polar surface area (TPSA) is 64.6 Å². The van der Waals surface area contributed by atoms with E-state index in [1.54, 1.807) is 42.7 Å². The number of nitrogens with one attached hydrogen (secondary N) is 1. The number of para-hydroxylation sites is 2. The maximum Gasteiger partial charge on any atom is 0.240 e. The normalized spacial score (nSPS) is 11.3. The van der Waals surface area contributed by atoms with Crippen LogP contribution in [0.4, 0.5) is 0 Å². The summed E-state index contributed by atoms with van der Waals surface area (Å²) in [5.41, 5.74) is 3.02. The van der Waals surface area contributed by atoms with Crippen LogP contribution in [0.3, 0.4) is 0 Å². The van der Waals surface area contributed by atoms with E-state index in [0.717, 1.165) is 16.7 Å². The molecule has 3 aromatic carbocycles. The highest BCUT2D eigenvalue weighted by Crippen LogP contribution is 2.31. The Bertz CT molecular complexity index is 1250. The Morgan fingerprint density at radius 1 is 0.871 bits per heavy atom. The van der Waals surface area contributed by atoms with Gasteiger partial charge >= 0.3 is 0 Å². The summed E-state index contributed by atoms with van der Waals surface area (Å²) in [5, 5.41) is 4.05. The van der Waals surface area contributed by atoms with Gasteiger partial charge in [0.15, 0.2) is 11.5 Å². The molecule has 0 spiro atoms. The maximum absolute atomic E-state index is 12.8. The molecule has 0 aliphatic rings. The molecule has 4 aromatic rings. The fourth-order valence-corrected chi connectivity index (χ4v) is 4.81. The molecule has 1 aromatic heterocycles. The van der Waals surface area contributed by atoms with Gasteiger partial charge in [0.05, 0.1) is 12.0 Å². The maximum atomic E-state index is 12.8. The molecule has 0 fully saturated rings. The van der Waals surface area contributed by atoms with Crippen molar-refractivity contribution in [1.29, 1.82) is 0 Å². The van der Waals surface area contributed by atoms with Crippen LogP contribution in [0.2, 0.25) is 0 Å². The zero-order chi connectivity index (χ0) is 21.7. The van der Waals surface area contributed by atoms with Crippen molar-refractivity contribution < 1.29 is 17.9 Å². The van der Waals surface area contributed by atoms with E-state index in [9.17, 15) is 8.42 Å². The molecule has 0 atom stereocenters. The number of hydrogen-bond donors (Lipinski definition) is 1. The van der Waals surface area contributed by atoms with E-state index in [4.69, 9.17) is 9.47 Å². The van der Waals surface area contributed by atoms with Crippen LogP contribution in [0.1, 0.15) is 5.56 Å². The molecule has 0 bridgehead atoms. The monoisotopic (exact) mass is 451 g/mol. The van der Waals surface area contributed by atoms with Crippen LogP contribution < -0.4 is 14.2 Å². The van der Waals surface area contributed by atoms with E-state index in [2.05, 4.69) is 4.72 Å². The second-order valence-corrected chi connectivity index (χ2v) is 9.27. The summed E-state index contributed by atoms with van der Waals surface area (Å²) in [5.74, 6) is 1.68. The van der Waals surface area contributed by atoms with Crippen LogP contribution in [-0.4, -0.2) is 15.5 Å². The van der Waals surface area contributed by atoms with Crippen molar-refractivity contribution in [2.24, 2.45) is 0 Å². The van der Waals surface area contributed by atoms with Crippen molar-refractivity contribution >= 4 is 21.4 Å². The van der Waals surface area contributed by atoms with Crippen LogP contribution in [0, 0.1) is 0 Å². The Hall–Kier alpha value is -3.13. The van der Waals surface area contributed by atoms with Gasteiger partial charge < -0.3 is 9.47 Å². The predicted molar refractivity (Wildman–Crippen MR) is 123 cm³/mol. The molecular weight excluding hydrogens is 430 g/mol. The molecule has 1 N–H and O–H groups in total. The molecule has 0 unspecified atom stereocenters. The van der Waals surface area contributed by atoms with Crippen LogP contribution in [0.5, 0.6) is 17.2 Å². The van der Waals surface area contributed by atoms with Gasteiger partial charge in [-0.1, -0.05) is 36.4 Å². The number of methoxy groups -OCH3 is 1. The first-order chi connectivity index (χ1) is 15.1. The molecule has 0 aliphatic heterocycles. The fraction of sp³-hybridized carbons (Fsp3) is 0.0833. The van der Waals surface area contributed by atoms with Crippen molar-refractivity contribution in [3.63, 3.8) is 0 Å². The highest BCUT2D eigenvalue weighted by molar-refractivity contribution is 7.89. The second-order valence-electron chi connectivity index (χ2n) is 6.72. The Kier molecular flexibility index (Phi) is 6.36. The Labute approximate surface area is 186 Å². The van der Waals surface area contributed by atoms with Crippen molar-refractivity contribution in [3.05, 3.63) is 95.2 Å². The minimum Gasteiger partial charge on any atom is -0.493 e. The second kappa shape index (κ2) is 9.34. The lowest BCUT2D eigenvalue weighted by Crippen LogP contribution is -2.23. The standard InChI is InChI=1S/C24H21NO4S2/c1-28-23-8-4-5-9-24(23)29-20-10-12-21(13-11-20)31(26,27)25-16-18-6-2-3-7-22(18)19-14-15-30-17-19/h2-15,17,25H,16H2,1H3. The lowest BCUT2D eigenvalue weighted by atomic mass is 10.0. The highest BCUT2D eigenvalue weighted by Gasteiger charge is 2.15. The largest absolute Gasteiger partial charge is 0.493 e. The first-order valence-electron chi connectivity index (χ1n) is 9.58. The molecule has 0 aliphatic carbocycles. The smallest absolute Gasteiger partial charge is 0.240 e. The zero-order valence-corrected chi connectivity index (χ0v) is 18.4. The van der Waals surface area contributed by atoms with Gasteiger partial charge in [-0.2, -0.15) is 11.3 Å². The van der Waals surface area contributed by atoms with Gasteiger partial charge in [0.1, 0.15) is 5.75 Å². The summed E-state index contributed by atoms with van der Waals surface area (Å²) in [6.45, 7) is 0.202. The van der Waals surface area contributed by atoms with E-state index in [1.807, 2.05) is 53.2 Å². The van der Waals surface area contributed by atoms with Crippen molar-refractivity contribution in [1.82, 2.24) is 4.72 Å². The average molecular weight is 452 g/mol. The zero-order valence-electron chi connectivity index (χ0n) is 16.8. The molecule has 31 heavy (non-hydrogen) atoms. The summed E-state index contributed by atoms with van der Waals surface area (Å²) < 4.78 is 39.4. The molecule has 7 heteroatoms. The minimum atomic E-state index is -3.67. The summed E-state index contributed by atoms with van der Waals surface area (Å²) in [4.78, 5) is 0.174.